The maximum Gasteiger partial charge on any atom is 0.416 e. The molecule has 44 heavy (non-hydrogen) atoms. The lowest BCUT2D eigenvalue weighted by Crippen LogP contribution is -2.43. The summed E-state index contributed by atoms with van der Waals surface area (Å²) in [5.41, 5.74) is 0.871. The summed E-state index contributed by atoms with van der Waals surface area (Å²) in [6.45, 7) is 5.53. The van der Waals surface area contributed by atoms with Gasteiger partial charge in [0.25, 0.3) is 11.8 Å². The second-order valence-electron chi connectivity index (χ2n) is 12.4. The Bertz CT molecular complexity index is 1660. The number of nitrogens with zero attached hydrogens (tertiary/aromatic N) is 5. The first-order valence-corrected chi connectivity index (χ1v) is 14.9. The normalized spacial score (nSPS) is 22.9. The molecule has 1 aromatic heterocycles. The van der Waals surface area contributed by atoms with Crippen LogP contribution < -0.4 is 10.2 Å². The molecule has 8 nitrogen and oxygen atoms in total. The highest BCUT2D eigenvalue weighted by Crippen LogP contribution is 2.52. The summed E-state index contributed by atoms with van der Waals surface area (Å²) in [6.07, 6.45) is -0.406. The molecular formula is C33H35F3N6O2. The number of carbonyl (C=O) groups is 2. The molecule has 2 fully saturated rings. The third-order valence-corrected chi connectivity index (χ3v) is 9.22. The molecule has 1 N–H and O–H groups in total. The highest BCUT2D eigenvalue weighted by Gasteiger charge is 2.48. The summed E-state index contributed by atoms with van der Waals surface area (Å²) >= 11 is 0. The smallest absolute Gasteiger partial charge is 0.332 e. The van der Waals surface area contributed by atoms with Crippen LogP contribution in [0.2, 0.25) is 0 Å². The number of nitrogens with one attached hydrogen (secondary N) is 1. The predicted octanol–water partition coefficient (Wildman–Crippen LogP) is 4.67. The van der Waals surface area contributed by atoms with Gasteiger partial charge < -0.3 is 19.7 Å². The zero-order valence-corrected chi connectivity index (χ0v) is 25.0. The zero-order chi connectivity index (χ0) is 31.2. The van der Waals surface area contributed by atoms with E-state index in [-0.39, 0.29) is 41.5 Å². The quantitative estimate of drug-likeness (QED) is 0.397. The summed E-state index contributed by atoms with van der Waals surface area (Å²) in [4.78, 5) is 28.9. The summed E-state index contributed by atoms with van der Waals surface area (Å²) in [6, 6.07) is 10.3. The van der Waals surface area contributed by atoms with E-state index in [4.69, 9.17) is 0 Å². The van der Waals surface area contributed by atoms with Crippen molar-refractivity contribution >= 4 is 17.5 Å². The van der Waals surface area contributed by atoms with Gasteiger partial charge in [-0.2, -0.15) is 13.2 Å². The van der Waals surface area contributed by atoms with Crippen LogP contribution in [0.4, 0.5) is 18.9 Å². The van der Waals surface area contributed by atoms with E-state index in [9.17, 15) is 22.8 Å². The van der Waals surface area contributed by atoms with Gasteiger partial charge in [-0.25, -0.2) is 0 Å². The van der Waals surface area contributed by atoms with Crippen molar-refractivity contribution in [2.45, 2.75) is 57.8 Å². The Balaban J connectivity index is 1.22. The zero-order valence-electron chi connectivity index (χ0n) is 25.0. The molecule has 3 aromatic rings. The molecular weight excluding hydrogens is 569 g/mol. The summed E-state index contributed by atoms with van der Waals surface area (Å²) in [5, 5.41) is 11.7. The van der Waals surface area contributed by atoms with Crippen molar-refractivity contribution in [3.8, 4) is 11.8 Å². The third kappa shape index (κ3) is 5.36. The van der Waals surface area contributed by atoms with E-state index < -0.39 is 17.6 Å². The molecule has 0 bridgehead atoms. The molecule has 3 heterocycles. The van der Waals surface area contributed by atoms with Crippen molar-refractivity contribution in [3.63, 3.8) is 0 Å². The van der Waals surface area contributed by atoms with Crippen molar-refractivity contribution in [1.29, 1.82) is 0 Å². The first-order valence-electron chi connectivity index (χ1n) is 14.9. The van der Waals surface area contributed by atoms with Crippen LogP contribution >= 0.6 is 0 Å². The van der Waals surface area contributed by atoms with Crippen LogP contribution in [0, 0.1) is 23.7 Å². The molecule has 230 valence electrons. The topological polar surface area (TPSA) is 83.4 Å². The van der Waals surface area contributed by atoms with Gasteiger partial charge >= 0.3 is 6.18 Å². The number of alkyl halides is 3. The van der Waals surface area contributed by atoms with Crippen LogP contribution in [0.25, 0.3) is 0 Å². The summed E-state index contributed by atoms with van der Waals surface area (Å²) < 4.78 is 44.9. The molecule has 3 aliphatic rings. The first-order chi connectivity index (χ1) is 21.0. The highest BCUT2D eigenvalue weighted by molar-refractivity contribution is 6.10. The Morgan fingerprint density at radius 3 is 2.68 bits per heavy atom. The molecule has 1 aliphatic carbocycles. The number of hydrogen-bond acceptors (Lipinski definition) is 5. The number of aryl methyl sites for hydroxylation is 1. The number of hydrogen-bond donors (Lipinski definition) is 1. The van der Waals surface area contributed by atoms with E-state index in [1.54, 1.807) is 30.3 Å². The van der Waals surface area contributed by atoms with Crippen LogP contribution in [0.3, 0.4) is 0 Å². The Labute approximate surface area is 254 Å². The van der Waals surface area contributed by atoms with Crippen LogP contribution in [-0.4, -0.2) is 51.1 Å². The minimum Gasteiger partial charge on any atom is -0.332 e. The number of likely N-dealkylation sites (tertiary alicyclic amines) is 1. The average Bonchev–Trinajstić information content (AvgIpc) is 3.70. The van der Waals surface area contributed by atoms with E-state index in [1.807, 2.05) is 29.8 Å². The SMILES string of the molecule is CC#CC(=O)N1CC[C@@H](CNCc2cc3c(c(C(F)(F)F)c2)CN(c2cccc(C4(c5nncn5C)CC(C)C4)c2)C3=O)C1. The van der Waals surface area contributed by atoms with Gasteiger partial charge in [0.05, 0.1) is 17.5 Å². The Morgan fingerprint density at radius 2 is 2.00 bits per heavy atom. The fourth-order valence-electron chi connectivity index (χ4n) is 7.19. The number of rotatable bonds is 7. The van der Waals surface area contributed by atoms with E-state index in [0.717, 1.165) is 36.7 Å². The fourth-order valence-corrected chi connectivity index (χ4v) is 7.19. The molecule has 1 saturated carbocycles. The van der Waals surface area contributed by atoms with Crippen LogP contribution in [-0.2, 0) is 36.5 Å². The van der Waals surface area contributed by atoms with Gasteiger partial charge in [0.1, 0.15) is 12.2 Å². The molecule has 2 aliphatic heterocycles. The fraction of sp³-hybridized carbons (Fsp3) is 0.455. The summed E-state index contributed by atoms with van der Waals surface area (Å²) in [5.74, 6) is 6.02. The number of anilines is 1. The summed E-state index contributed by atoms with van der Waals surface area (Å²) in [7, 11) is 1.90. The minimum absolute atomic E-state index is 0.00100. The Kier molecular flexibility index (Phi) is 7.74. The lowest BCUT2D eigenvalue weighted by Gasteiger charge is -2.46. The largest absolute Gasteiger partial charge is 0.416 e. The highest BCUT2D eigenvalue weighted by atomic mass is 19.4. The first kappa shape index (κ1) is 29.9. The van der Waals surface area contributed by atoms with Gasteiger partial charge in [-0.05, 0) is 84.9 Å². The Morgan fingerprint density at radius 1 is 1.20 bits per heavy atom. The van der Waals surface area contributed by atoms with Gasteiger partial charge in [0.15, 0.2) is 0 Å². The molecule has 1 atom stereocenters. The lowest BCUT2D eigenvalue weighted by atomic mass is 9.58. The standard InChI is InChI=1S/C33H35F3N6O2/c1-4-6-29(43)41-10-9-22(18-41)16-37-17-23-11-26-27(28(12-23)33(34,35)36)19-42(30(26)44)25-8-5-7-24(13-25)32(14-21(2)15-32)31-39-38-20-40(31)3/h5,7-8,11-13,20-22,37H,9-10,14-19H2,1-3H3/t21?,22-,32?/m0/s1. The number of benzene rings is 2. The van der Waals surface area contributed by atoms with Crippen molar-refractivity contribution in [1.82, 2.24) is 25.0 Å². The number of carbonyl (C=O) groups excluding carboxylic acids is 2. The number of amides is 2. The number of aromatic nitrogens is 3. The molecule has 6 rings (SSSR count). The molecule has 2 aromatic carbocycles. The van der Waals surface area contributed by atoms with Gasteiger partial charge in [-0.3, -0.25) is 9.59 Å². The molecule has 0 spiro atoms. The van der Waals surface area contributed by atoms with E-state index in [1.165, 1.54) is 4.90 Å². The molecule has 1 saturated heterocycles. The van der Waals surface area contributed by atoms with Crippen molar-refractivity contribution in [2.75, 3.05) is 24.5 Å². The van der Waals surface area contributed by atoms with Crippen molar-refractivity contribution in [3.05, 3.63) is 76.4 Å². The second-order valence-corrected chi connectivity index (χ2v) is 12.4. The van der Waals surface area contributed by atoms with Gasteiger partial charge in [-0.15, -0.1) is 10.2 Å². The van der Waals surface area contributed by atoms with E-state index in [2.05, 4.69) is 34.3 Å². The van der Waals surface area contributed by atoms with Gasteiger partial charge in [-0.1, -0.05) is 25.0 Å². The third-order valence-electron chi connectivity index (χ3n) is 9.22. The minimum atomic E-state index is -4.61. The van der Waals surface area contributed by atoms with Crippen molar-refractivity contribution < 1.29 is 22.8 Å². The number of halogens is 3. The maximum atomic E-state index is 14.3. The van der Waals surface area contributed by atoms with Gasteiger partial charge in [0, 0.05) is 44.5 Å². The van der Waals surface area contributed by atoms with Crippen molar-refractivity contribution in [2.24, 2.45) is 18.9 Å². The second kappa shape index (κ2) is 11.4. The lowest BCUT2D eigenvalue weighted by molar-refractivity contribution is -0.138. The van der Waals surface area contributed by atoms with Crippen LogP contribution in [0.1, 0.15) is 71.5 Å². The van der Waals surface area contributed by atoms with Crippen LogP contribution in [0.15, 0.2) is 42.7 Å². The molecule has 11 heteroatoms. The average molecular weight is 605 g/mol. The molecule has 0 unspecified atom stereocenters. The molecule has 2 amide bonds. The van der Waals surface area contributed by atoms with Crippen LogP contribution in [0.5, 0.6) is 0 Å². The van der Waals surface area contributed by atoms with E-state index >= 15 is 0 Å². The van der Waals surface area contributed by atoms with E-state index in [0.29, 0.717) is 36.8 Å². The monoisotopic (exact) mass is 604 g/mol. The molecule has 0 radical (unpaired) electrons. The Hall–Kier alpha value is -4.17. The predicted molar refractivity (Wildman–Crippen MR) is 158 cm³/mol. The van der Waals surface area contributed by atoms with Gasteiger partial charge in [0.2, 0.25) is 0 Å². The maximum absolute atomic E-state index is 14.3. The number of fused-ring (bicyclic) bond motifs is 1.